The van der Waals surface area contributed by atoms with Gasteiger partial charge in [-0.25, -0.2) is 0 Å². The fraction of sp³-hybridized carbons (Fsp3) is 0.571. The molecule has 0 spiro atoms. The Balaban J connectivity index is 2.11. The zero-order valence-corrected chi connectivity index (χ0v) is 11.9. The quantitative estimate of drug-likeness (QED) is 0.617. The van der Waals surface area contributed by atoms with Crippen LogP contribution in [0.25, 0.3) is 0 Å². The van der Waals surface area contributed by atoms with Crippen LogP contribution in [-0.4, -0.2) is 23.1 Å². The molecule has 6 nitrogen and oxygen atoms in total. The lowest BCUT2D eigenvalue weighted by molar-refractivity contribution is -0.386. The molecule has 0 heterocycles. The van der Waals surface area contributed by atoms with Crippen LogP contribution in [0.5, 0.6) is 5.75 Å². The van der Waals surface area contributed by atoms with E-state index in [0.717, 1.165) is 18.5 Å². The molecular weight excluding hydrogens is 258 g/mol. The van der Waals surface area contributed by atoms with Gasteiger partial charge in [0.05, 0.1) is 11.0 Å². The van der Waals surface area contributed by atoms with E-state index in [1.54, 1.807) is 12.1 Å². The fourth-order valence-corrected chi connectivity index (χ4v) is 2.21. The van der Waals surface area contributed by atoms with Crippen LogP contribution < -0.4 is 15.8 Å². The van der Waals surface area contributed by atoms with Crippen molar-refractivity contribution in [1.82, 2.24) is 0 Å². The molecular formula is C14H21N3O3. The number of anilines is 1. The molecule has 0 bridgehead atoms. The monoisotopic (exact) mass is 279 g/mol. The molecule has 6 heteroatoms. The van der Waals surface area contributed by atoms with Gasteiger partial charge in [-0.15, -0.1) is 0 Å². The summed E-state index contributed by atoms with van der Waals surface area (Å²) in [5, 5.41) is 14.2. The summed E-state index contributed by atoms with van der Waals surface area (Å²) < 4.78 is 5.51. The molecule has 0 aliphatic heterocycles. The zero-order chi connectivity index (χ0) is 14.8. The van der Waals surface area contributed by atoms with Crippen molar-refractivity contribution in [3.8, 4) is 5.75 Å². The molecule has 110 valence electrons. The van der Waals surface area contributed by atoms with Gasteiger partial charge in [-0.2, -0.15) is 0 Å². The van der Waals surface area contributed by atoms with Gasteiger partial charge in [0.1, 0.15) is 0 Å². The maximum Gasteiger partial charge on any atom is 0.311 e. The van der Waals surface area contributed by atoms with E-state index < -0.39 is 4.92 Å². The maximum absolute atomic E-state index is 11.0. The molecule has 0 saturated heterocycles. The van der Waals surface area contributed by atoms with E-state index in [0.29, 0.717) is 6.54 Å². The second-order valence-electron chi connectivity index (χ2n) is 5.68. The largest absolute Gasteiger partial charge is 0.484 e. The summed E-state index contributed by atoms with van der Waals surface area (Å²) in [5.74, 6) is 0.287. The number of nitro benzene ring substituents is 1. The molecule has 1 aliphatic rings. The average molecular weight is 279 g/mol. The lowest BCUT2D eigenvalue weighted by Crippen LogP contribution is -2.51. The third kappa shape index (κ3) is 3.39. The highest BCUT2D eigenvalue weighted by atomic mass is 16.6. The van der Waals surface area contributed by atoms with Gasteiger partial charge in [-0.1, -0.05) is 0 Å². The molecule has 0 amide bonds. The summed E-state index contributed by atoms with van der Waals surface area (Å²) in [4.78, 5) is 10.5. The van der Waals surface area contributed by atoms with Crippen LogP contribution in [0.15, 0.2) is 18.2 Å². The molecule has 0 unspecified atom stereocenters. The summed E-state index contributed by atoms with van der Waals surface area (Å²) in [6.45, 7) is 4.35. The second-order valence-corrected chi connectivity index (χ2v) is 5.68. The number of hydrogen-bond donors (Lipinski definition) is 2. The molecule has 20 heavy (non-hydrogen) atoms. The summed E-state index contributed by atoms with van der Waals surface area (Å²) in [6.07, 6.45) is 3.08. The van der Waals surface area contributed by atoms with Crippen molar-refractivity contribution in [2.24, 2.45) is 5.73 Å². The number of nitrogens with one attached hydrogen (secondary N) is 1. The van der Waals surface area contributed by atoms with Gasteiger partial charge in [0.25, 0.3) is 0 Å². The molecule has 1 aromatic rings. The highest BCUT2D eigenvalue weighted by Crippen LogP contribution is 2.33. The number of nitrogens with zero attached hydrogens (tertiary/aromatic N) is 1. The van der Waals surface area contributed by atoms with E-state index in [4.69, 9.17) is 10.5 Å². The lowest BCUT2D eigenvalue weighted by atomic mass is 9.78. The van der Waals surface area contributed by atoms with Crippen molar-refractivity contribution in [2.75, 3.05) is 11.9 Å². The first-order chi connectivity index (χ1) is 9.39. The third-order valence-corrected chi connectivity index (χ3v) is 3.51. The van der Waals surface area contributed by atoms with Crippen molar-refractivity contribution in [3.63, 3.8) is 0 Å². The maximum atomic E-state index is 11.0. The van der Waals surface area contributed by atoms with E-state index in [9.17, 15) is 10.1 Å². The Morgan fingerprint density at radius 1 is 1.50 bits per heavy atom. The van der Waals surface area contributed by atoms with Crippen LogP contribution in [0.2, 0.25) is 0 Å². The Hall–Kier alpha value is -1.82. The molecule has 1 aliphatic carbocycles. The SMILES string of the molecule is CC(C)Oc1cc(NCC2(N)CCC2)ccc1[N+](=O)[O-]. The van der Waals surface area contributed by atoms with Crippen LogP contribution in [0.1, 0.15) is 33.1 Å². The Kier molecular flexibility index (Phi) is 4.13. The summed E-state index contributed by atoms with van der Waals surface area (Å²) in [5.41, 5.74) is 6.78. The fourth-order valence-electron chi connectivity index (χ4n) is 2.21. The third-order valence-electron chi connectivity index (χ3n) is 3.51. The number of rotatable bonds is 6. The highest BCUT2D eigenvalue weighted by Gasteiger charge is 2.32. The van der Waals surface area contributed by atoms with Crippen LogP contribution in [0.4, 0.5) is 11.4 Å². The van der Waals surface area contributed by atoms with Gasteiger partial charge < -0.3 is 15.8 Å². The van der Waals surface area contributed by atoms with Crippen LogP contribution in [-0.2, 0) is 0 Å². The molecule has 1 fully saturated rings. The average Bonchev–Trinajstić information content (AvgIpc) is 2.33. The first kappa shape index (κ1) is 14.6. The van der Waals surface area contributed by atoms with Crippen molar-refractivity contribution in [1.29, 1.82) is 0 Å². The van der Waals surface area contributed by atoms with Gasteiger partial charge in [-0.05, 0) is 39.2 Å². The zero-order valence-electron chi connectivity index (χ0n) is 11.9. The molecule has 0 atom stereocenters. The first-order valence-electron chi connectivity index (χ1n) is 6.87. The Morgan fingerprint density at radius 2 is 2.20 bits per heavy atom. The topological polar surface area (TPSA) is 90.4 Å². The van der Waals surface area contributed by atoms with Gasteiger partial charge in [-0.3, -0.25) is 10.1 Å². The van der Waals surface area contributed by atoms with Crippen molar-refractivity contribution in [2.45, 2.75) is 44.8 Å². The minimum absolute atomic E-state index is 0.0182. The molecule has 1 saturated carbocycles. The second kappa shape index (κ2) is 5.66. The van der Waals surface area contributed by atoms with E-state index in [1.165, 1.54) is 12.5 Å². The van der Waals surface area contributed by atoms with Crippen molar-refractivity contribution in [3.05, 3.63) is 28.3 Å². The van der Waals surface area contributed by atoms with Crippen LogP contribution in [0.3, 0.4) is 0 Å². The predicted molar refractivity (Wildman–Crippen MR) is 78.1 cm³/mol. The van der Waals surface area contributed by atoms with E-state index in [1.807, 2.05) is 13.8 Å². The smallest absolute Gasteiger partial charge is 0.311 e. The van der Waals surface area contributed by atoms with Gasteiger partial charge in [0.15, 0.2) is 5.75 Å². The van der Waals surface area contributed by atoms with Crippen LogP contribution in [0, 0.1) is 10.1 Å². The summed E-state index contributed by atoms with van der Waals surface area (Å²) in [7, 11) is 0. The van der Waals surface area contributed by atoms with E-state index >= 15 is 0 Å². The number of nitro groups is 1. The van der Waals surface area contributed by atoms with E-state index in [2.05, 4.69) is 5.32 Å². The highest BCUT2D eigenvalue weighted by molar-refractivity contribution is 5.58. The molecule has 3 N–H and O–H groups in total. The standard InChI is InChI=1S/C14H21N3O3/c1-10(2)20-13-8-11(4-5-12(13)17(18)19)16-9-14(15)6-3-7-14/h4-5,8,10,16H,3,6-7,9,15H2,1-2H3. The minimum Gasteiger partial charge on any atom is -0.484 e. The van der Waals surface area contributed by atoms with Crippen molar-refractivity contribution >= 4 is 11.4 Å². The normalized spacial score (nSPS) is 16.6. The number of nitrogens with two attached hydrogens (primary N) is 1. The summed E-state index contributed by atoms with van der Waals surface area (Å²) in [6, 6.07) is 4.82. The van der Waals surface area contributed by atoms with E-state index in [-0.39, 0.29) is 23.1 Å². The molecule has 2 rings (SSSR count). The van der Waals surface area contributed by atoms with Gasteiger partial charge in [0.2, 0.25) is 0 Å². The number of benzene rings is 1. The number of ether oxygens (including phenoxy) is 1. The van der Waals surface area contributed by atoms with Gasteiger partial charge in [0, 0.05) is 29.9 Å². The Bertz CT molecular complexity index is 498. The van der Waals surface area contributed by atoms with Crippen LogP contribution >= 0.6 is 0 Å². The number of hydrogen-bond acceptors (Lipinski definition) is 5. The lowest BCUT2D eigenvalue weighted by Gasteiger charge is -2.38. The Morgan fingerprint density at radius 3 is 2.70 bits per heavy atom. The van der Waals surface area contributed by atoms with Gasteiger partial charge >= 0.3 is 5.69 Å². The Labute approximate surface area is 118 Å². The molecule has 0 radical (unpaired) electrons. The first-order valence-corrected chi connectivity index (χ1v) is 6.87. The molecule has 1 aromatic carbocycles. The van der Waals surface area contributed by atoms with Crippen molar-refractivity contribution < 1.29 is 9.66 Å². The predicted octanol–water partition coefficient (Wildman–Crippen LogP) is 2.68. The minimum atomic E-state index is -0.433. The summed E-state index contributed by atoms with van der Waals surface area (Å²) >= 11 is 0. The molecule has 0 aromatic heterocycles.